The summed E-state index contributed by atoms with van der Waals surface area (Å²) in [5, 5.41) is 9.03. The molecule has 2 aliphatic heterocycles. The first-order valence-corrected chi connectivity index (χ1v) is 6.68. The lowest BCUT2D eigenvalue weighted by molar-refractivity contribution is -0.0453. The van der Waals surface area contributed by atoms with Gasteiger partial charge in [0.1, 0.15) is 5.60 Å². The molecule has 1 spiro atoms. The van der Waals surface area contributed by atoms with Crippen LogP contribution in [-0.2, 0) is 4.74 Å². The number of nitrogens with zero attached hydrogens (tertiary/aromatic N) is 2. The maximum atomic E-state index is 9.03. The van der Waals surface area contributed by atoms with Gasteiger partial charge in [0.15, 0.2) is 6.23 Å². The molecule has 3 nitrogen and oxygen atoms in total. The van der Waals surface area contributed by atoms with E-state index in [1.807, 2.05) is 6.20 Å². The molecule has 1 saturated carbocycles. The van der Waals surface area contributed by atoms with E-state index < -0.39 is 0 Å². The predicted octanol–water partition coefficient (Wildman–Crippen LogP) is 3.23. The Kier molecular flexibility index (Phi) is 2.76. The maximum absolute atomic E-state index is 9.03. The zero-order valence-corrected chi connectivity index (χ0v) is 10.7. The summed E-state index contributed by atoms with van der Waals surface area (Å²) in [5.41, 5.74) is 2.06. The van der Waals surface area contributed by atoms with E-state index in [0.29, 0.717) is 0 Å². The summed E-state index contributed by atoms with van der Waals surface area (Å²) in [4.78, 5) is 2.11. The zero-order valence-electron chi connectivity index (χ0n) is 10.7. The van der Waals surface area contributed by atoms with E-state index in [9.17, 15) is 0 Å². The molecule has 1 unspecified atom stereocenters. The van der Waals surface area contributed by atoms with Crippen LogP contribution in [0.3, 0.4) is 0 Å². The Morgan fingerprint density at radius 1 is 1.44 bits per heavy atom. The van der Waals surface area contributed by atoms with Gasteiger partial charge in [0.2, 0.25) is 0 Å². The van der Waals surface area contributed by atoms with Crippen molar-refractivity contribution in [3.05, 3.63) is 35.7 Å². The van der Waals surface area contributed by atoms with Crippen molar-refractivity contribution in [1.82, 2.24) is 4.90 Å². The fourth-order valence-electron chi connectivity index (χ4n) is 3.24. The molecule has 0 N–H and O–H groups in total. The summed E-state index contributed by atoms with van der Waals surface area (Å²) in [6.45, 7) is 2.08. The molecular formula is C15H18N2O. The van der Waals surface area contributed by atoms with Crippen LogP contribution in [0.25, 0.3) is 0 Å². The average molecular weight is 242 g/mol. The lowest BCUT2D eigenvalue weighted by Crippen LogP contribution is -2.33. The lowest BCUT2D eigenvalue weighted by atomic mass is 9.82. The lowest BCUT2D eigenvalue weighted by Gasteiger charge is -2.33. The second kappa shape index (κ2) is 4.29. The van der Waals surface area contributed by atoms with E-state index in [-0.39, 0.29) is 11.8 Å². The topological polar surface area (TPSA) is 36.3 Å². The zero-order chi connectivity index (χ0) is 12.6. The van der Waals surface area contributed by atoms with Crippen LogP contribution in [0.4, 0.5) is 0 Å². The molecule has 94 valence electrons. The Bertz CT molecular complexity index is 475. The molecule has 0 aromatic heterocycles. The number of fused-ring (bicyclic) bond motifs is 1. The second-order valence-electron chi connectivity index (χ2n) is 5.36. The van der Waals surface area contributed by atoms with Crippen LogP contribution in [0, 0.1) is 11.3 Å². The summed E-state index contributed by atoms with van der Waals surface area (Å²) in [5.74, 6) is 0. The van der Waals surface area contributed by atoms with Crippen molar-refractivity contribution in [3.8, 4) is 6.07 Å². The monoisotopic (exact) mass is 242 g/mol. The second-order valence-corrected chi connectivity index (χ2v) is 5.36. The molecule has 0 bridgehead atoms. The fraction of sp³-hybridized carbons (Fsp3) is 0.533. The Labute approximate surface area is 108 Å². The Morgan fingerprint density at radius 3 is 2.94 bits per heavy atom. The highest BCUT2D eigenvalue weighted by atomic mass is 16.5. The number of nitriles is 1. The SMILES string of the molecule is CC1=CC2OC3(CCCCC3)/C(=C/C#N)N2C=C1. The van der Waals surface area contributed by atoms with Gasteiger partial charge in [-0.1, -0.05) is 19.3 Å². The Balaban J connectivity index is 1.99. The van der Waals surface area contributed by atoms with Gasteiger partial charge in [-0.15, -0.1) is 0 Å². The molecule has 0 aromatic rings. The van der Waals surface area contributed by atoms with Gasteiger partial charge in [0.05, 0.1) is 11.8 Å². The minimum atomic E-state index is -0.218. The third-order valence-electron chi connectivity index (χ3n) is 4.13. The van der Waals surface area contributed by atoms with Crippen molar-refractivity contribution in [1.29, 1.82) is 5.26 Å². The predicted molar refractivity (Wildman–Crippen MR) is 69.1 cm³/mol. The Morgan fingerprint density at radius 2 is 2.22 bits per heavy atom. The van der Waals surface area contributed by atoms with Gasteiger partial charge < -0.3 is 9.64 Å². The van der Waals surface area contributed by atoms with Gasteiger partial charge >= 0.3 is 0 Å². The minimum absolute atomic E-state index is 0.0206. The van der Waals surface area contributed by atoms with Gasteiger partial charge in [0.25, 0.3) is 0 Å². The molecule has 1 aliphatic carbocycles. The summed E-state index contributed by atoms with van der Waals surface area (Å²) in [6.07, 6.45) is 13.6. The van der Waals surface area contributed by atoms with Crippen LogP contribution in [0.5, 0.6) is 0 Å². The van der Waals surface area contributed by atoms with E-state index in [0.717, 1.165) is 18.5 Å². The fourth-order valence-corrected chi connectivity index (χ4v) is 3.24. The Hall–Kier alpha value is -1.53. The van der Waals surface area contributed by atoms with Crippen LogP contribution in [-0.4, -0.2) is 16.7 Å². The van der Waals surface area contributed by atoms with Crippen LogP contribution in [0.15, 0.2) is 35.7 Å². The van der Waals surface area contributed by atoms with Gasteiger partial charge in [-0.2, -0.15) is 5.26 Å². The van der Waals surface area contributed by atoms with Crippen LogP contribution < -0.4 is 0 Å². The maximum Gasteiger partial charge on any atom is 0.154 e. The van der Waals surface area contributed by atoms with Gasteiger partial charge in [0, 0.05) is 12.3 Å². The molecule has 3 heteroatoms. The molecule has 0 aromatic carbocycles. The highest BCUT2D eigenvalue weighted by Gasteiger charge is 2.48. The van der Waals surface area contributed by atoms with Gasteiger partial charge in [-0.05, 0) is 37.5 Å². The van der Waals surface area contributed by atoms with Crippen LogP contribution in [0.2, 0.25) is 0 Å². The average Bonchev–Trinajstić information content (AvgIpc) is 2.64. The van der Waals surface area contributed by atoms with E-state index in [1.165, 1.54) is 24.8 Å². The third kappa shape index (κ3) is 1.69. The van der Waals surface area contributed by atoms with Crippen molar-refractivity contribution >= 4 is 0 Å². The summed E-state index contributed by atoms with van der Waals surface area (Å²) in [7, 11) is 0. The largest absolute Gasteiger partial charge is 0.342 e. The molecule has 1 atom stereocenters. The highest BCUT2D eigenvalue weighted by Crippen LogP contribution is 2.47. The van der Waals surface area contributed by atoms with E-state index >= 15 is 0 Å². The van der Waals surface area contributed by atoms with Crippen molar-refractivity contribution < 1.29 is 4.74 Å². The van der Waals surface area contributed by atoms with Crippen molar-refractivity contribution in [2.24, 2.45) is 0 Å². The number of rotatable bonds is 0. The summed E-state index contributed by atoms with van der Waals surface area (Å²) < 4.78 is 6.31. The summed E-state index contributed by atoms with van der Waals surface area (Å²) >= 11 is 0. The molecule has 1 saturated heterocycles. The number of allylic oxidation sites excluding steroid dienone is 3. The van der Waals surface area contributed by atoms with Gasteiger partial charge in [-0.3, -0.25) is 0 Å². The van der Waals surface area contributed by atoms with Crippen molar-refractivity contribution in [2.75, 3.05) is 0 Å². The van der Waals surface area contributed by atoms with E-state index in [2.05, 4.69) is 30.0 Å². The minimum Gasteiger partial charge on any atom is -0.342 e. The van der Waals surface area contributed by atoms with Gasteiger partial charge in [-0.25, -0.2) is 0 Å². The third-order valence-corrected chi connectivity index (χ3v) is 4.13. The number of hydrogen-bond acceptors (Lipinski definition) is 3. The standard InChI is InChI=1S/C15H18N2O/c1-12-6-10-17-13(5-9-16)15(18-14(17)11-12)7-3-2-4-8-15/h5-6,10-11,14H,2-4,7-8H2,1H3/b13-5-. The molecule has 0 amide bonds. The number of ether oxygens (including phenoxy) is 1. The highest BCUT2D eigenvalue weighted by molar-refractivity contribution is 5.35. The van der Waals surface area contributed by atoms with Crippen molar-refractivity contribution in [2.45, 2.75) is 50.9 Å². The molecule has 3 aliphatic rings. The van der Waals surface area contributed by atoms with Crippen LogP contribution in [0.1, 0.15) is 39.0 Å². The molecular weight excluding hydrogens is 224 g/mol. The van der Waals surface area contributed by atoms with E-state index in [4.69, 9.17) is 10.00 Å². The van der Waals surface area contributed by atoms with Crippen molar-refractivity contribution in [3.63, 3.8) is 0 Å². The first-order valence-electron chi connectivity index (χ1n) is 6.68. The molecule has 2 fully saturated rings. The molecule has 18 heavy (non-hydrogen) atoms. The van der Waals surface area contributed by atoms with E-state index in [1.54, 1.807) is 6.08 Å². The smallest absolute Gasteiger partial charge is 0.154 e. The normalized spacial score (nSPS) is 31.3. The molecule has 3 rings (SSSR count). The first kappa shape index (κ1) is 11.6. The first-order chi connectivity index (χ1) is 8.75. The number of hydrogen-bond donors (Lipinski definition) is 0. The quantitative estimate of drug-likeness (QED) is 0.612. The molecule has 2 heterocycles. The molecule has 0 radical (unpaired) electrons. The van der Waals surface area contributed by atoms with Crippen LogP contribution >= 0.6 is 0 Å². The summed E-state index contributed by atoms with van der Waals surface area (Å²) in [6, 6.07) is 2.19.